The molecule has 0 aliphatic rings. The lowest BCUT2D eigenvalue weighted by molar-refractivity contribution is -0.159. The van der Waals surface area contributed by atoms with Crippen LogP contribution >= 0.6 is 0 Å². The van der Waals surface area contributed by atoms with Crippen molar-refractivity contribution in [2.45, 2.75) is 32.8 Å². The molecule has 94 valence electrons. The molecule has 0 fully saturated rings. The number of hydroxylamine groups is 2. The highest BCUT2D eigenvalue weighted by Crippen LogP contribution is 2.05. The monoisotopic (exact) mass is 237 g/mol. The van der Waals surface area contributed by atoms with Gasteiger partial charge >= 0.3 is 6.09 Å². The molecular weight excluding hydrogens is 218 g/mol. The van der Waals surface area contributed by atoms with Crippen LogP contribution in [-0.2, 0) is 11.3 Å². The summed E-state index contributed by atoms with van der Waals surface area (Å²) >= 11 is 0. The number of carboxylic acid groups (broad SMARTS) is 1. The molecule has 1 aromatic rings. The molecule has 0 aliphatic heterocycles. The fraction of sp³-hybridized carbons (Fsp3) is 0.462. The van der Waals surface area contributed by atoms with Crippen LogP contribution < -0.4 is 0 Å². The van der Waals surface area contributed by atoms with Gasteiger partial charge in [-0.1, -0.05) is 30.3 Å². The minimum absolute atomic E-state index is 0.122. The Morgan fingerprint density at radius 1 is 1.35 bits per heavy atom. The van der Waals surface area contributed by atoms with E-state index >= 15 is 0 Å². The van der Waals surface area contributed by atoms with E-state index in [4.69, 9.17) is 9.94 Å². The van der Waals surface area contributed by atoms with Crippen molar-refractivity contribution in [3.05, 3.63) is 35.9 Å². The van der Waals surface area contributed by atoms with E-state index in [0.29, 0.717) is 6.54 Å². The van der Waals surface area contributed by atoms with Gasteiger partial charge in [-0.2, -0.15) is 5.06 Å². The molecule has 1 N–H and O–H groups in total. The molecule has 1 aromatic carbocycles. The lowest BCUT2D eigenvalue weighted by Crippen LogP contribution is -2.33. The third kappa shape index (κ3) is 5.36. The molecule has 0 atom stereocenters. The Morgan fingerprint density at radius 2 is 2.00 bits per heavy atom. The second kappa shape index (κ2) is 6.91. The number of hydrogen-bond donors (Lipinski definition) is 1. The minimum Gasteiger partial charge on any atom is -0.463 e. The first-order chi connectivity index (χ1) is 8.09. The number of benzene rings is 1. The Bertz CT molecular complexity index is 338. The van der Waals surface area contributed by atoms with Crippen LogP contribution in [0.25, 0.3) is 0 Å². The molecule has 0 unspecified atom stereocenters. The number of hydrogen-bond acceptors (Lipinski definition) is 2. The van der Waals surface area contributed by atoms with E-state index in [0.717, 1.165) is 17.9 Å². The van der Waals surface area contributed by atoms with Gasteiger partial charge in [-0.3, -0.25) is 4.84 Å². The van der Waals surface area contributed by atoms with Crippen molar-refractivity contribution in [3.8, 4) is 0 Å². The number of amides is 1. The largest absolute Gasteiger partial charge is 0.463 e. The van der Waals surface area contributed by atoms with Crippen LogP contribution in [0.1, 0.15) is 25.8 Å². The van der Waals surface area contributed by atoms with Crippen LogP contribution in [0.2, 0.25) is 0 Å². The predicted molar refractivity (Wildman–Crippen MR) is 65.7 cm³/mol. The molecule has 1 amide bonds. The fourth-order valence-corrected chi connectivity index (χ4v) is 1.52. The Labute approximate surface area is 102 Å². The van der Waals surface area contributed by atoms with Crippen LogP contribution in [0, 0.1) is 0 Å². The van der Waals surface area contributed by atoms with Gasteiger partial charge in [0, 0.05) is 0 Å². The fourth-order valence-electron chi connectivity index (χ4n) is 1.52. The van der Waals surface area contributed by atoms with E-state index in [1.807, 2.05) is 44.2 Å². The van der Waals surface area contributed by atoms with E-state index < -0.39 is 6.09 Å². The van der Waals surface area contributed by atoms with Gasteiger partial charge in [-0.25, -0.2) is 4.79 Å². The maximum Gasteiger partial charge on any atom is 0.431 e. The third-order valence-electron chi connectivity index (χ3n) is 2.22. The molecule has 0 aliphatic carbocycles. The van der Waals surface area contributed by atoms with Crippen molar-refractivity contribution in [1.82, 2.24) is 5.06 Å². The van der Waals surface area contributed by atoms with Gasteiger partial charge in [-0.05, 0) is 32.3 Å². The minimum atomic E-state index is -1.04. The first-order valence-electron chi connectivity index (χ1n) is 5.80. The second-order valence-electron chi connectivity index (χ2n) is 4.13. The van der Waals surface area contributed by atoms with Crippen molar-refractivity contribution in [2.75, 3.05) is 6.54 Å². The van der Waals surface area contributed by atoms with E-state index in [1.165, 1.54) is 5.56 Å². The van der Waals surface area contributed by atoms with Crippen LogP contribution in [0.15, 0.2) is 30.3 Å². The molecule has 4 nitrogen and oxygen atoms in total. The van der Waals surface area contributed by atoms with E-state index in [-0.39, 0.29) is 6.10 Å². The summed E-state index contributed by atoms with van der Waals surface area (Å²) in [6.45, 7) is 4.02. The van der Waals surface area contributed by atoms with Gasteiger partial charge in [0.25, 0.3) is 0 Å². The van der Waals surface area contributed by atoms with E-state index in [1.54, 1.807) is 0 Å². The van der Waals surface area contributed by atoms with Gasteiger partial charge in [0.15, 0.2) is 0 Å². The maximum atomic E-state index is 10.9. The topological polar surface area (TPSA) is 49.8 Å². The molecule has 0 bridgehead atoms. The average molecular weight is 237 g/mol. The highest BCUT2D eigenvalue weighted by Gasteiger charge is 2.13. The van der Waals surface area contributed by atoms with Gasteiger partial charge < -0.3 is 5.11 Å². The summed E-state index contributed by atoms with van der Waals surface area (Å²) in [6, 6.07) is 10.0. The van der Waals surface area contributed by atoms with E-state index in [2.05, 4.69) is 0 Å². The van der Waals surface area contributed by atoms with Crippen molar-refractivity contribution in [2.24, 2.45) is 0 Å². The van der Waals surface area contributed by atoms with Gasteiger partial charge in [0.05, 0.1) is 12.6 Å². The summed E-state index contributed by atoms with van der Waals surface area (Å²) < 4.78 is 0. The Hall–Kier alpha value is -1.55. The Balaban J connectivity index is 2.35. The Morgan fingerprint density at radius 3 is 2.53 bits per heavy atom. The van der Waals surface area contributed by atoms with E-state index in [9.17, 15) is 4.79 Å². The van der Waals surface area contributed by atoms with Crippen molar-refractivity contribution in [1.29, 1.82) is 0 Å². The molecule has 0 radical (unpaired) electrons. The summed E-state index contributed by atoms with van der Waals surface area (Å²) in [6.07, 6.45) is 0.448. The summed E-state index contributed by atoms with van der Waals surface area (Å²) in [5, 5.41) is 9.93. The highest BCUT2D eigenvalue weighted by molar-refractivity contribution is 5.63. The molecule has 17 heavy (non-hydrogen) atoms. The van der Waals surface area contributed by atoms with Gasteiger partial charge in [0.2, 0.25) is 0 Å². The summed E-state index contributed by atoms with van der Waals surface area (Å²) in [5.41, 5.74) is 1.21. The lowest BCUT2D eigenvalue weighted by Gasteiger charge is -2.20. The number of rotatable bonds is 6. The molecular formula is C13H19NO3. The van der Waals surface area contributed by atoms with Crippen LogP contribution in [0.4, 0.5) is 4.79 Å². The van der Waals surface area contributed by atoms with Gasteiger partial charge in [0.1, 0.15) is 0 Å². The van der Waals surface area contributed by atoms with Crippen LogP contribution in [0.3, 0.4) is 0 Å². The first-order valence-corrected chi connectivity index (χ1v) is 5.80. The zero-order valence-electron chi connectivity index (χ0n) is 10.3. The Kier molecular flexibility index (Phi) is 5.49. The van der Waals surface area contributed by atoms with Gasteiger partial charge in [-0.15, -0.1) is 0 Å². The lowest BCUT2D eigenvalue weighted by atomic mass is 10.1. The van der Waals surface area contributed by atoms with Crippen molar-refractivity contribution >= 4 is 6.09 Å². The second-order valence-corrected chi connectivity index (χ2v) is 4.13. The summed E-state index contributed by atoms with van der Waals surface area (Å²) in [4.78, 5) is 16.1. The number of aryl methyl sites for hydroxylation is 1. The molecule has 4 heteroatoms. The maximum absolute atomic E-state index is 10.9. The summed E-state index contributed by atoms with van der Waals surface area (Å²) in [7, 11) is 0. The predicted octanol–water partition coefficient (Wildman–Crippen LogP) is 2.94. The molecule has 0 spiro atoms. The molecule has 0 saturated carbocycles. The van der Waals surface area contributed by atoms with Crippen LogP contribution in [-0.4, -0.2) is 28.9 Å². The van der Waals surface area contributed by atoms with Crippen LogP contribution in [0.5, 0.6) is 0 Å². The molecule has 1 rings (SSSR count). The quantitative estimate of drug-likeness (QED) is 0.774. The first kappa shape index (κ1) is 13.5. The highest BCUT2D eigenvalue weighted by atomic mass is 16.7. The SMILES string of the molecule is CC(C)ON(CCCc1ccccc1)C(=O)O. The molecule has 0 heterocycles. The summed E-state index contributed by atoms with van der Waals surface area (Å²) in [5.74, 6) is 0. The zero-order valence-corrected chi connectivity index (χ0v) is 10.3. The third-order valence-corrected chi connectivity index (χ3v) is 2.22. The van der Waals surface area contributed by atoms with Crippen molar-refractivity contribution < 1.29 is 14.7 Å². The van der Waals surface area contributed by atoms with Crippen molar-refractivity contribution in [3.63, 3.8) is 0 Å². The number of carbonyl (C=O) groups is 1. The zero-order chi connectivity index (χ0) is 12.7. The number of nitrogens with zero attached hydrogens (tertiary/aromatic N) is 1. The molecule has 0 aromatic heterocycles. The average Bonchev–Trinajstić information content (AvgIpc) is 2.28. The standard InChI is InChI=1S/C13H19NO3/c1-11(2)17-14(13(15)16)10-6-9-12-7-4-3-5-8-12/h3-5,7-8,11H,6,9-10H2,1-2H3,(H,15,16). The molecule has 0 saturated heterocycles. The smallest absolute Gasteiger partial charge is 0.431 e. The normalized spacial score (nSPS) is 10.5.